The fourth-order valence-corrected chi connectivity index (χ4v) is 1.80. The minimum absolute atomic E-state index is 0.0202. The molecule has 1 aromatic carbocycles. The van der Waals surface area contributed by atoms with Gasteiger partial charge in [0, 0.05) is 18.9 Å². The van der Waals surface area contributed by atoms with Gasteiger partial charge < -0.3 is 5.73 Å². The largest absolute Gasteiger partial charge is 0.328 e. The zero-order valence-electron chi connectivity index (χ0n) is 9.88. The van der Waals surface area contributed by atoms with Gasteiger partial charge in [0.15, 0.2) is 0 Å². The molecule has 1 atom stereocenters. The van der Waals surface area contributed by atoms with Crippen LogP contribution in [0.4, 0.5) is 4.39 Å². The van der Waals surface area contributed by atoms with Crippen LogP contribution in [0.2, 0.25) is 5.02 Å². The summed E-state index contributed by atoms with van der Waals surface area (Å²) in [6.07, 6.45) is 2.10. The molecule has 0 spiro atoms. The maximum absolute atomic E-state index is 13.5. The minimum Gasteiger partial charge on any atom is -0.328 e. The van der Waals surface area contributed by atoms with Crippen molar-refractivity contribution in [1.82, 2.24) is 0 Å². The molecule has 2 N–H and O–H groups in total. The molecule has 17 heavy (non-hydrogen) atoms. The summed E-state index contributed by atoms with van der Waals surface area (Å²) in [5, 5.41) is 0.0610. The molecular weight excluding hydrogens is 241 g/mol. The van der Waals surface area contributed by atoms with Gasteiger partial charge >= 0.3 is 0 Å². The molecule has 0 fully saturated rings. The average Bonchev–Trinajstić information content (AvgIpc) is 2.24. The Bertz CT molecular complexity index is 393. The normalized spacial score (nSPS) is 12.5. The average molecular weight is 258 g/mol. The molecule has 1 rings (SSSR count). The molecule has 0 aliphatic heterocycles. The number of carbonyl (C=O) groups excluding carboxylic acids is 1. The summed E-state index contributed by atoms with van der Waals surface area (Å²) in [4.78, 5) is 11.6. The van der Waals surface area contributed by atoms with Crippen molar-refractivity contribution >= 4 is 17.4 Å². The first kappa shape index (κ1) is 14.1. The lowest BCUT2D eigenvalue weighted by atomic mass is 10.0. The molecule has 1 aromatic rings. The first-order valence-electron chi connectivity index (χ1n) is 5.71. The van der Waals surface area contributed by atoms with Crippen molar-refractivity contribution < 1.29 is 9.18 Å². The molecule has 0 bridgehead atoms. The molecule has 0 aromatic heterocycles. The van der Waals surface area contributed by atoms with E-state index in [0.29, 0.717) is 12.0 Å². The van der Waals surface area contributed by atoms with Crippen molar-refractivity contribution in [2.45, 2.75) is 38.6 Å². The third-order valence-electron chi connectivity index (χ3n) is 2.53. The van der Waals surface area contributed by atoms with E-state index in [4.69, 9.17) is 17.3 Å². The first-order chi connectivity index (χ1) is 8.00. The SMILES string of the molecule is CC(N)CCCC(=O)Cc1cccc(Cl)c1F. The Hall–Kier alpha value is -0.930. The first-order valence-corrected chi connectivity index (χ1v) is 6.08. The Labute approximate surface area is 106 Å². The Balaban J connectivity index is 2.48. The lowest BCUT2D eigenvalue weighted by Gasteiger charge is -2.05. The van der Waals surface area contributed by atoms with Crippen LogP contribution in [0.3, 0.4) is 0 Å². The van der Waals surface area contributed by atoms with Crippen LogP contribution in [-0.4, -0.2) is 11.8 Å². The maximum Gasteiger partial charge on any atom is 0.145 e. The van der Waals surface area contributed by atoms with Gasteiger partial charge in [-0.15, -0.1) is 0 Å². The number of nitrogens with two attached hydrogens (primary N) is 1. The van der Waals surface area contributed by atoms with Crippen LogP contribution in [0.1, 0.15) is 31.7 Å². The van der Waals surface area contributed by atoms with Crippen LogP contribution < -0.4 is 5.73 Å². The van der Waals surface area contributed by atoms with E-state index in [-0.39, 0.29) is 23.3 Å². The van der Waals surface area contributed by atoms with E-state index < -0.39 is 5.82 Å². The molecule has 2 nitrogen and oxygen atoms in total. The zero-order chi connectivity index (χ0) is 12.8. The summed E-state index contributed by atoms with van der Waals surface area (Å²) in [5.74, 6) is -0.471. The minimum atomic E-state index is -0.491. The second kappa shape index (κ2) is 6.72. The van der Waals surface area contributed by atoms with Gasteiger partial charge in [-0.3, -0.25) is 4.79 Å². The molecule has 4 heteroatoms. The van der Waals surface area contributed by atoms with Gasteiger partial charge in [0.1, 0.15) is 11.6 Å². The van der Waals surface area contributed by atoms with E-state index in [0.717, 1.165) is 12.8 Å². The third kappa shape index (κ3) is 4.84. The number of halogens is 2. The van der Waals surface area contributed by atoms with E-state index in [1.54, 1.807) is 12.1 Å². The van der Waals surface area contributed by atoms with Gasteiger partial charge in [-0.2, -0.15) is 0 Å². The summed E-state index contributed by atoms with van der Waals surface area (Å²) in [6.45, 7) is 1.90. The van der Waals surface area contributed by atoms with Crippen LogP contribution in [0.25, 0.3) is 0 Å². The number of benzene rings is 1. The van der Waals surface area contributed by atoms with Crippen molar-refractivity contribution in [1.29, 1.82) is 0 Å². The van der Waals surface area contributed by atoms with Crippen molar-refractivity contribution in [3.8, 4) is 0 Å². The van der Waals surface area contributed by atoms with Crippen molar-refractivity contribution in [3.63, 3.8) is 0 Å². The highest BCUT2D eigenvalue weighted by Crippen LogP contribution is 2.19. The van der Waals surface area contributed by atoms with Gasteiger partial charge in [-0.25, -0.2) is 4.39 Å². The topological polar surface area (TPSA) is 43.1 Å². The number of Topliss-reactive ketones (excluding diaryl/α,β-unsaturated/α-hetero) is 1. The van der Waals surface area contributed by atoms with E-state index in [1.807, 2.05) is 6.92 Å². The van der Waals surface area contributed by atoms with Crippen LogP contribution in [-0.2, 0) is 11.2 Å². The number of hydrogen-bond acceptors (Lipinski definition) is 2. The number of hydrogen-bond donors (Lipinski definition) is 1. The molecule has 0 aliphatic rings. The van der Waals surface area contributed by atoms with Gasteiger partial charge in [0.25, 0.3) is 0 Å². The highest BCUT2D eigenvalue weighted by molar-refractivity contribution is 6.30. The summed E-state index contributed by atoms with van der Waals surface area (Å²) >= 11 is 5.64. The lowest BCUT2D eigenvalue weighted by Crippen LogP contribution is -2.15. The smallest absolute Gasteiger partial charge is 0.145 e. The predicted molar refractivity (Wildman–Crippen MR) is 67.6 cm³/mol. The quantitative estimate of drug-likeness (QED) is 0.851. The highest BCUT2D eigenvalue weighted by atomic mass is 35.5. The fourth-order valence-electron chi connectivity index (χ4n) is 1.61. The molecule has 1 unspecified atom stereocenters. The van der Waals surface area contributed by atoms with Crippen molar-refractivity contribution in [2.75, 3.05) is 0 Å². The number of ketones is 1. The van der Waals surface area contributed by atoms with Crippen molar-refractivity contribution in [2.24, 2.45) is 5.73 Å². The Morgan fingerprint density at radius 2 is 2.24 bits per heavy atom. The Morgan fingerprint density at radius 3 is 2.88 bits per heavy atom. The van der Waals surface area contributed by atoms with E-state index in [2.05, 4.69) is 0 Å². The monoisotopic (exact) mass is 257 g/mol. The van der Waals surface area contributed by atoms with Gasteiger partial charge in [0.2, 0.25) is 0 Å². The predicted octanol–water partition coefficient (Wildman–Crippen LogP) is 3.11. The summed E-state index contributed by atoms with van der Waals surface area (Å²) in [5.41, 5.74) is 5.95. The van der Waals surface area contributed by atoms with E-state index >= 15 is 0 Å². The molecule has 0 amide bonds. The van der Waals surface area contributed by atoms with E-state index in [1.165, 1.54) is 6.07 Å². The number of rotatable bonds is 6. The molecule has 0 heterocycles. The van der Waals surface area contributed by atoms with Crippen LogP contribution in [0, 0.1) is 5.82 Å². The molecule has 94 valence electrons. The van der Waals surface area contributed by atoms with Gasteiger partial charge in [-0.1, -0.05) is 23.7 Å². The summed E-state index contributed by atoms with van der Waals surface area (Å²) in [6, 6.07) is 4.81. The highest BCUT2D eigenvalue weighted by Gasteiger charge is 2.10. The number of carbonyl (C=O) groups is 1. The summed E-state index contributed by atoms with van der Waals surface area (Å²) in [7, 11) is 0. The third-order valence-corrected chi connectivity index (χ3v) is 2.83. The van der Waals surface area contributed by atoms with E-state index in [9.17, 15) is 9.18 Å². The standard InChI is InChI=1S/C13H17ClFNO/c1-9(16)4-2-6-11(17)8-10-5-3-7-12(14)13(10)15/h3,5,7,9H,2,4,6,8,16H2,1H3. The molecular formula is C13H17ClFNO. The Morgan fingerprint density at radius 1 is 1.53 bits per heavy atom. The van der Waals surface area contributed by atoms with Gasteiger partial charge in [-0.05, 0) is 31.4 Å². The van der Waals surface area contributed by atoms with Gasteiger partial charge in [0.05, 0.1) is 5.02 Å². The maximum atomic E-state index is 13.5. The Kier molecular flexibility index (Phi) is 5.59. The lowest BCUT2D eigenvalue weighted by molar-refractivity contribution is -0.118. The molecule has 0 radical (unpaired) electrons. The molecule has 0 aliphatic carbocycles. The zero-order valence-corrected chi connectivity index (χ0v) is 10.6. The van der Waals surface area contributed by atoms with Crippen LogP contribution >= 0.6 is 11.6 Å². The van der Waals surface area contributed by atoms with Crippen LogP contribution in [0.5, 0.6) is 0 Å². The second-order valence-corrected chi connectivity index (χ2v) is 4.71. The summed E-state index contributed by atoms with van der Waals surface area (Å²) < 4.78 is 13.5. The molecule has 0 saturated carbocycles. The fraction of sp³-hybridized carbons (Fsp3) is 0.462. The second-order valence-electron chi connectivity index (χ2n) is 4.30. The molecule has 0 saturated heterocycles. The van der Waals surface area contributed by atoms with Crippen LogP contribution in [0.15, 0.2) is 18.2 Å². The van der Waals surface area contributed by atoms with Crippen molar-refractivity contribution in [3.05, 3.63) is 34.6 Å².